The number of anilines is 1. The van der Waals surface area contributed by atoms with E-state index in [-0.39, 0.29) is 11.6 Å². The summed E-state index contributed by atoms with van der Waals surface area (Å²) in [6.07, 6.45) is 6.03. The Bertz CT molecular complexity index is 1340. The minimum atomic E-state index is -0.390. The molecule has 1 saturated carbocycles. The summed E-state index contributed by atoms with van der Waals surface area (Å²) in [5, 5.41) is 5.02. The van der Waals surface area contributed by atoms with Crippen LogP contribution in [0.25, 0.3) is 10.8 Å². The average molecular weight is 457 g/mol. The van der Waals surface area contributed by atoms with E-state index >= 15 is 0 Å². The van der Waals surface area contributed by atoms with Gasteiger partial charge in [0, 0.05) is 30.1 Å². The number of fused-ring (bicyclic) bond motifs is 1. The molecular formula is C29H32N2O3. The lowest BCUT2D eigenvalue weighted by atomic mass is 9.90. The summed E-state index contributed by atoms with van der Waals surface area (Å²) in [6.45, 7) is 4.03. The van der Waals surface area contributed by atoms with Crippen LogP contribution in [0.3, 0.4) is 0 Å². The van der Waals surface area contributed by atoms with Crippen molar-refractivity contribution in [2.75, 3.05) is 12.4 Å². The van der Waals surface area contributed by atoms with Gasteiger partial charge in [-0.15, -0.1) is 0 Å². The molecular weight excluding hydrogens is 424 g/mol. The third-order valence-corrected chi connectivity index (χ3v) is 6.71. The lowest BCUT2D eigenvalue weighted by Gasteiger charge is -2.21. The van der Waals surface area contributed by atoms with E-state index in [1.165, 1.54) is 26.4 Å². The molecule has 1 N–H and O–H groups in total. The van der Waals surface area contributed by atoms with Gasteiger partial charge in [0.15, 0.2) is 0 Å². The predicted molar refractivity (Wildman–Crippen MR) is 137 cm³/mol. The fourth-order valence-electron chi connectivity index (χ4n) is 4.80. The summed E-state index contributed by atoms with van der Waals surface area (Å²) in [5.74, 6) is 6.75. The van der Waals surface area contributed by atoms with Crippen molar-refractivity contribution in [2.45, 2.75) is 52.0 Å². The van der Waals surface area contributed by atoms with Crippen LogP contribution in [-0.4, -0.2) is 17.6 Å². The van der Waals surface area contributed by atoms with Gasteiger partial charge in [0.05, 0.1) is 18.4 Å². The Balaban J connectivity index is 1.77. The van der Waals surface area contributed by atoms with Crippen molar-refractivity contribution >= 4 is 22.4 Å². The first-order chi connectivity index (χ1) is 16.4. The van der Waals surface area contributed by atoms with Crippen LogP contribution in [0.15, 0.2) is 47.3 Å². The predicted octanol–water partition coefficient (Wildman–Crippen LogP) is 5.74. The maximum Gasteiger partial charge on any atom is 0.339 e. The fraction of sp³-hybridized carbons (Fsp3) is 0.379. The first kappa shape index (κ1) is 23.6. The van der Waals surface area contributed by atoms with Gasteiger partial charge < -0.3 is 14.6 Å². The summed E-state index contributed by atoms with van der Waals surface area (Å²) < 4.78 is 6.60. The van der Waals surface area contributed by atoms with Crippen molar-refractivity contribution in [3.8, 4) is 11.8 Å². The summed E-state index contributed by atoms with van der Waals surface area (Å²) in [6, 6.07) is 13.2. The Kier molecular flexibility index (Phi) is 7.07. The topological polar surface area (TPSA) is 60.3 Å². The van der Waals surface area contributed by atoms with Crippen LogP contribution in [0, 0.1) is 24.7 Å². The molecule has 0 amide bonds. The molecule has 0 saturated heterocycles. The van der Waals surface area contributed by atoms with Crippen LogP contribution in [0.2, 0.25) is 0 Å². The summed E-state index contributed by atoms with van der Waals surface area (Å²) in [4.78, 5) is 25.5. The number of rotatable bonds is 4. The fourth-order valence-corrected chi connectivity index (χ4v) is 4.80. The van der Waals surface area contributed by atoms with E-state index in [0.29, 0.717) is 22.6 Å². The van der Waals surface area contributed by atoms with Crippen molar-refractivity contribution in [1.82, 2.24) is 4.57 Å². The average Bonchev–Trinajstić information content (AvgIpc) is 2.85. The first-order valence-corrected chi connectivity index (χ1v) is 12.0. The van der Waals surface area contributed by atoms with Crippen LogP contribution in [0.4, 0.5) is 5.69 Å². The molecule has 2 aromatic carbocycles. The molecule has 34 heavy (non-hydrogen) atoms. The molecule has 1 atom stereocenters. The van der Waals surface area contributed by atoms with E-state index in [4.69, 9.17) is 4.74 Å². The highest BCUT2D eigenvalue weighted by Gasteiger charge is 2.18. The molecule has 4 rings (SSSR count). The van der Waals surface area contributed by atoms with Crippen LogP contribution >= 0.6 is 0 Å². The number of hydrogen-bond acceptors (Lipinski definition) is 4. The van der Waals surface area contributed by atoms with E-state index in [1.54, 1.807) is 17.7 Å². The second-order valence-corrected chi connectivity index (χ2v) is 9.22. The Morgan fingerprint density at radius 2 is 1.85 bits per heavy atom. The van der Waals surface area contributed by atoms with Crippen molar-refractivity contribution in [1.29, 1.82) is 0 Å². The summed E-state index contributed by atoms with van der Waals surface area (Å²) in [5.41, 5.74) is 3.86. The van der Waals surface area contributed by atoms with Crippen molar-refractivity contribution in [3.63, 3.8) is 0 Å². The normalized spacial score (nSPS) is 14.8. The molecule has 5 heteroatoms. The third-order valence-electron chi connectivity index (χ3n) is 6.71. The van der Waals surface area contributed by atoms with Crippen molar-refractivity contribution in [3.05, 3.63) is 75.2 Å². The van der Waals surface area contributed by atoms with Crippen molar-refractivity contribution < 1.29 is 9.53 Å². The Morgan fingerprint density at radius 3 is 2.59 bits per heavy atom. The van der Waals surface area contributed by atoms with Gasteiger partial charge >= 0.3 is 5.97 Å². The lowest BCUT2D eigenvalue weighted by molar-refractivity contribution is 0.0602. The van der Waals surface area contributed by atoms with Gasteiger partial charge in [-0.25, -0.2) is 4.79 Å². The van der Waals surface area contributed by atoms with E-state index < -0.39 is 5.97 Å². The summed E-state index contributed by atoms with van der Waals surface area (Å²) in [7, 11) is 3.17. The van der Waals surface area contributed by atoms with Gasteiger partial charge in [0.1, 0.15) is 0 Å². The number of carbonyl (C=O) groups excluding carboxylic acids is 1. The largest absolute Gasteiger partial charge is 0.465 e. The number of nitrogens with zero attached hydrogens (tertiary/aromatic N) is 1. The third kappa shape index (κ3) is 4.87. The lowest BCUT2D eigenvalue weighted by Crippen LogP contribution is -2.21. The van der Waals surface area contributed by atoms with Gasteiger partial charge in [0.2, 0.25) is 0 Å². The highest BCUT2D eigenvalue weighted by molar-refractivity contribution is 5.96. The Labute approximate surface area is 201 Å². The Hall–Kier alpha value is -3.52. The second-order valence-electron chi connectivity index (χ2n) is 9.22. The van der Waals surface area contributed by atoms with Crippen LogP contribution in [0.1, 0.15) is 72.2 Å². The highest BCUT2D eigenvalue weighted by Crippen LogP contribution is 2.29. The van der Waals surface area contributed by atoms with Crippen LogP contribution in [0.5, 0.6) is 0 Å². The molecule has 1 heterocycles. The molecule has 1 fully saturated rings. The van der Waals surface area contributed by atoms with E-state index in [1.807, 2.05) is 44.2 Å². The molecule has 176 valence electrons. The number of ether oxygens (including phenoxy) is 1. The Morgan fingerprint density at radius 1 is 1.12 bits per heavy atom. The molecule has 1 unspecified atom stereocenters. The standard InChI is InChI=1S/C29H32N2O3/c1-19-16-24(20(2)30-27-13-9-8-12-23(27)29(33)34-4)25-18-22(31(3)28(32)26(25)17-19)15-14-21-10-6-5-7-11-21/h8-9,12-13,16-18,20-21,30H,5-7,10-11H2,1-4H3. The number of pyridine rings is 1. The molecule has 0 radical (unpaired) electrons. The number of esters is 1. The molecule has 0 spiro atoms. The molecule has 5 nitrogen and oxygen atoms in total. The first-order valence-electron chi connectivity index (χ1n) is 12.0. The highest BCUT2D eigenvalue weighted by atomic mass is 16.5. The van der Waals surface area contributed by atoms with E-state index in [9.17, 15) is 9.59 Å². The number of hydrogen-bond donors (Lipinski definition) is 1. The molecule has 0 bridgehead atoms. The van der Waals surface area contributed by atoms with Gasteiger partial charge in [-0.3, -0.25) is 4.79 Å². The number of aryl methyl sites for hydroxylation is 1. The quantitative estimate of drug-likeness (QED) is 0.402. The number of benzene rings is 2. The zero-order valence-electron chi connectivity index (χ0n) is 20.4. The minimum Gasteiger partial charge on any atom is -0.465 e. The number of carbonyl (C=O) groups is 1. The smallest absolute Gasteiger partial charge is 0.339 e. The molecule has 1 aliphatic rings. The maximum atomic E-state index is 13.3. The number of methoxy groups -OCH3 is 1. The minimum absolute atomic E-state index is 0.0439. The monoisotopic (exact) mass is 456 g/mol. The number of para-hydroxylation sites is 1. The summed E-state index contributed by atoms with van der Waals surface area (Å²) >= 11 is 0. The van der Waals surface area contributed by atoms with Gasteiger partial charge in [-0.2, -0.15) is 0 Å². The van der Waals surface area contributed by atoms with E-state index in [0.717, 1.165) is 35.0 Å². The van der Waals surface area contributed by atoms with Crippen LogP contribution in [-0.2, 0) is 11.8 Å². The molecule has 0 aliphatic heterocycles. The van der Waals surface area contributed by atoms with Gasteiger partial charge in [-0.05, 0) is 73.4 Å². The maximum absolute atomic E-state index is 13.3. The molecule has 1 aromatic heterocycles. The van der Waals surface area contributed by atoms with Crippen molar-refractivity contribution in [2.24, 2.45) is 13.0 Å². The zero-order valence-corrected chi connectivity index (χ0v) is 20.4. The molecule has 1 aliphatic carbocycles. The second kappa shape index (κ2) is 10.2. The van der Waals surface area contributed by atoms with Gasteiger partial charge in [0.25, 0.3) is 5.56 Å². The van der Waals surface area contributed by atoms with E-state index in [2.05, 4.69) is 23.2 Å². The number of aromatic nitrogens is 1. The SMILES string of the molecule is COC(=O)c1ccccc1NC(C)c1cc(C)cc2c(=O)n(C)c(C#CC3CCCCC3)cc12. The zero-order chi connectivity index (χ0) is 24.2. The van der Waals surface area contributed by atoms with Gasteiger partial charge in [-0.1, -0.05) is 43.4 Å². The molecule has 3 aromatic rings. The number of nitrogens with one attached hydrogen (secondary N) is 1. The van der Waals surface area contributed by atoms with Crippen LogP contribution < -0.4 is 10.9 Å².